The van der Waals surface area contributed by atoms with E-state index in [1.54, 1.807) is 0 Å². The van der Waals surface area contributed by atoms with E-state index in [1.807, 2.05) is 11.3 Å². The minimum atomic E-state index is -0.0820. The number of rotatable bonds is 4. The molecular formula is C50H38S. The van der Waals surface area contributed by atoms with Gasteiger partial charge in [-0.2, -0.15) is 0 Å². The van der Waals surface area contributed by atoms with E-state index in [-0.39, 0.29) is 11.3 Å². The second-order valence-electron chi connectivity index (χ2n) is 15.0. The highest BCUT2D eigenvalue weighted by Gasteiger charge is 2.37. The number of hydrogen-bond donors (Lipinski definition) is 0. The Balaban J connectivity index is 1.21. The lowest BCUT2D eigenvalue weighted by molar-refractivity contribution is 0.660. The quantitative estimate of drug-likeness (QED) is 0.164. The van der Waals surface area contributed by atoms with Gasteiger partial charge in [0.25, 0.3) is 0 Å². The van der Waals surface area contributed by atoms with E-state index in [4.69, 9.17) is 6.58 Å². The maximum absolute atomic E-state index is 4.99. The fourth-order valence-corrected chi connectivity index (χ4v) is 10.4. The van der Waals surface area contributed by atoms with Crippen LogP contribution in [0.25, 0.3) is 64.3 Å². The van der Waals surface area contributed by atoms with Crippen LogP contribution in [-0.2, 0) is 5.41 Å². The van der Waals surface area contributed by atoms with Gasteiger partial charge in [-0.3, -0.25) is 0 Å². The third-order valence-electron chi connectivity index (χ3n) is 11.9. The maximum Gasteiger partial charge on any atom is 0.0361 e. The van der Waals surface area contributed by atoms with E-state index in [9.17, 15) is 0 Å². The molecule has 1 heterocycles. The van der Waals surface area contributed by atoms with Crippen LogP contribution in [0.15, 0.2) is 152 Å². The molecule has 2 aliphatic carbocycles. The monoisotopic (exact) mass is 670 g/mol. The molecule has 51 heavy (non-hydrogen) atoms. The molecule has 0 amide bonds. The average Bonchev–Trinajstić information content (AvgIpc) is 3.74. The van der Waals surface area contributed by atoms with Crippen molar-refractivity contribution >= 4 is 53.4 Å². The summed E-state index contributed by atoms with van der Waals surface area (Å²) in [6, 6.07) is 52.3. The van der Waals surface area contributed by atoms with Crippen molar-refractivity contribution in [2.75, 3.05) is 0 Å². The molecular weight excluding hydrogens is 633 g/mol. The summed E-state index contributed by atoms with van der Waals surface area (Å²) in [5, 5.41) is 5.27. The lowest BCUT2D eigenvalue weighted by atomic mass is 9.77. The SMILES string of the molecule is C=C(/C(=C(/C)c1ccccc1C)C1c2ccccc2-c2cc3c(cc21)sc1cc2ccccc2cc13)c1ccc2c(c1)C(C)(C)c1ccccc1-2. The Morgan fingerprint density at radius 2 is 1.24 bits per heavy atom. The second-order valence-corrected chi connectivity index (χ2v) is 16.1. The molecule has 1 heteroatoms. The van der Waals surface area contributed by atoms with E-state index in [0.29, 0.717) is 0 Å². The molecule has 2 aliphatic rings. The van der Waals surface area contributed by atoms with Crippen molar-refractivity contribution in [1.29, 1.82) is 0 Å². The highest BCUT2D eigenvalue weighted by molar-refractivity contribution is 7.25. The van der Waals surface area contributed by atoms with Crippen molar-refractivity contribution in [3.8, 4) is 22.3 Å². The van der Waals surface area contributed by atoms with E-state index in [1.165, 1.54) is 103 Å². The third-order valence-corrected chi connectivity index (χ3v) is 13.0. The van der Waals surface area contributed by atoms with E-state index >= 15 is 0 Å². The minimum absolute atomic E-state index is 0.0513. The fourth-order valence-electron chi connectivity index (χ4n) is 9.27. The molecule has 0 saturated carbocycles. The van der Waals surface area contributed by atoms with Crippen LogP contribution in [0.1, 0.15) is 65.6 Å². The summed E-state index contributed by atoms with van der Waals surface area (Å²) in [6.07, 6.45) is 0. The number of thiophene rings is 1. The zero-order valence-electron chi connectivity index (χ0n) is 29.5. The van der Waals surface area contributed by atoms with Gasteiger partial charge in [-0.1, -0.05) is 130 Å². The summed E-state index contributed by atoms with van der Waals surface area (Å²) in [5.41, 5.74) is 18.2. The Hall–Kier alpha value is -5.50. The molecule has 1 aromatic heterocycles. The largest absolute Gasteiger partial charge is 0.135 e. The number of aryl methyl sites for hydroxylation is 1. The van der Waals surface area contributed by atoms with Gasteiger partial charge in [0, 0.05) is 31.5 Å². The Morgan fingerprint density at radius 3 is 2.06 bits per heavy atom. The maximum atomic E-state index is 4.99. The molecule has 8 aromatic rings. The van der Waals surface area contributed by atoms with Gasteiger partial charge in [-0.25, -0.2) is 0 Å². The first-order chi connectivity index (χ1) is 24.8. The van der Waals surface area contributed by atoms with Crippen molar-refractivity contribution in [3.63, 3.8) is 0 Å². The van der Waals surface area contributed by atoms with Crippen molar-refractivity contribution in [3.05, 3.63) is 191 Å². The van der Waals surface area contributed by atoms with Crippen LogP contribution < -0.4 is 0 Å². The highest BCUT2D eigenvalue weighted by atomic mass is 32.1. The normalized spacial score (nSPS) is 15.8. The van der Waals surface area contributed by atoms with E-state index in [2.05, 4.69) is 167 Å². The topological polar surface area (TPSA) is 0 Å². The van der Waals surface area contributed by atoms with E-state index < -0.39 is 0 Å². The number of hydrogen-bond acceptors (Lipinski definition) is 1. The van der Waals surface area contributed by atoms with Gasteiger partial charge in [0.2, 0.25) is 0 Å². The summed E-state index contributed by atoms with van der Waals surface area (Å²) in [7, 11) is 0. The molecule has 0 aliphatic heterocycles. The Labute approximate surface area is 304 Å². The van der Waals surface area contributed by atoms with Crippen LogP contribution in [0.3, 0.4) is 0 Å². The van der Waals surface area contributed by atoms with Crippen molar-refractivity contribution in [1.82, 2.24) is 0 Å². The molecule has 0 saturated heterocycles. The van der Waals surface area contributed by atoms with Crippen LogP contribution in [-0.4, -0.2) is 0 Å². The summed E-state index contributed by atoms with van der Waals surface area (Å²) < 4.78 is 2.68. The van der Waals surface area contributed by atoms with Gasteiger partial charge in [-0.05, 0) is 133 Å². The first-order valence-corrected chi connectivity index (χ1v) is 18.8. The Morgan fingerprint density at radius 1 is 0.588 bits per heavy atom. The summed E-state index contributed by atoms with van der Waals surface area (Å²) in [4.78, 5) is 0. The zero-order chi connectivity index (χ0) is 34.6. The predicted octanol–water partition coefficient (Wildman–Crippen LogP) is 14.1. The molecule has 0 fully saturated rings. The Bertz CT molecular complexity index is 2820. The zero-order valence-corrected chi connectivity index (χ0v) is 30.3. The molecule has 1 unspecified atom stereocenters. The third kappa shape index (κ3) is 4.38. The molecule has 244 valence electrons. The summed E-state index contributed by atoms with van der Waals surface area (Å²) in [6.45, 7) is 14.3. The van der Waals surface area contributed by atoms with E-state index in [0.717, 1.165) is 5.57 Å². The lowest BCUT2D eigenvalue weighted by Crippen LogP contribution is -2.15. The molecule has 0 spiro atoms. The highest BCUT2D eigenvalue weighted by Crippen LogP contribution is 2.56. The predicted molar refractivity (Wildman–Crippen MR) is 221 cm³/mol. The van der Waals surface area contributed by atoms with Gasteiger partial charge < -0.3 is 0 Å². The van der Waals surface area contributed by atoms with Crippen LogP contribution in [0.4, 0.5) is 0 Å². The molecule has 0 N–H and O–H groups in total. The fraction of sp³-hybridized carbons (Fsp3) is 0.120. The molecule has 0 nitrogen and oxygen atoms in total. The van der Waals surface area contributed by atoms with Crippen LogP contribution in [0.5, 0.6) is 0 Å². The van der Waals surface area contributed by atoms with Crippen molar-refractivity contribution in [2.24, 2.45) is 0 Å². The molecule has 0 bridgehead atoms. The van der Waals surface area contributed by atoms with Crippen LogP contribution >= 0.6 is 11.3 Å². The second kappa shape index (κ2) is 11.0. The minimum Gasteiger partial charge on any atom is -0.135 e. The lowest BCUT2D eigenvalue weighted by Gasteiger charge is -2.26. The van der Waals surface area contributed by atoms with Gasteiger partial charge in [-0.15, -0.1) is 11.3 Å². The van der Waals surface area contributed by atoms with Gasteiger partial charge >= 0.3 is 0 Å². The number of allylic oxidation sites excluding steroid dienone is 3. The average molecular weight is 671 g/mol. The molecule has 0 radical (unpaired) electrons. The molecule has 1 atom stereocenters. The molecule has 10 rings (SSSR count). The first-order valence-electron chi connectivity index (χ1n) is 18.0. The van der Waals surface area contributed by atoms with Gasteiger partial charge in [0.1, 0.15) is 0 Å². The van der Waals surface area contributed by atoms with Gasteiger partial charge in [0.15, 0.2) is 0 Å². The van der Waals surface area contributed by atoms with Crippen molar-refractivity contribution < 1.29 is 0 Å². The van der Waals surface area contributed by atoms with Crippen LogP contribution in [0, 0.1) is 6.92 Å². The smallest absolute Gasteiger partial charge is 0.0361 e. The summed E-state index contributed by atoms with van der Waals surface area (Å²) in [5.74, 6) is 0.0513. The van der Waals surface area contributed by atoms with Crippen molar-refractivity contribution in [2.45, 2.75) is 39.0 Å². The molecule has 7 aromatic carbocycles. The standard InChI is InChI=1S/C50H38S/c1-29-14-6-9-17-35(29)31(3)48(30(2)32-22-23-38-37-19-12-13-21-44(37)50(4,5)45(38)25-32)49-39-20-11-10-18-36(39)40-27-42-41-24-33-15-7-8-16-34(33)26-46(41)51-47(42)28-43(40)49/h6-28,49H,2H2,1,3-5H3/b48-31+. The van der Waals surface area contributed by atoms with Crippen LogP contribution in [0.2, 0.25) is 0 Å². The van der Waals surface area contributed by atoms with Gasteiger partial charge in [0.05, 0.1) is 0 Å². The Kier molecular flexibility index (Phi) is 6.54. The number of fused-ring (bicyclic) bond motifs is 10. The number of benzene rings is 7. The summed E-state index contributed by atoms with van der Waals surface area (Å²) >= 11 is 1.92. The first kappa shape index (κ1) is 30.3.